The summed E-state index contributed by atoms with van der Waals surface area (Å²) in [6, 6.07) is 37.7. The van der Waals surface area contributed by atoms with Crippen LogP contribution in [0, 0.1) is 0 Å². The van der Waals surface area contributed by atoms with Gasteiger partial charge >= 0.3 is 291 Å². The molecule has 0 heterocycles. The first-order valence-corrected chi connectivity index (χ1v) is 17.5. The SMILES string of the molecule is C/C(Oc1ccccc1)=C(/C)O[PH](O/C(C)=C(\C)Oc1ccccc1)(O/C(C)=C(\C)Oc1ccccc1)O/C(C)=C(\C)Oc1ccccc1. The van der Waals surface area contributed by atoms with Crippen LogP contribution < -0.4 is 18.9 Å². The Morgan fingerprint density at radius 2 is 0.469 bits per heavy atom. The standard InChI is InChI=1S/C40H45O8P/c1-29(41-37-21-13-9-14-22-37)33(5)45-49(46-34(6)30(2)42-38-23-15-10-16-24-38,47-35(7)31(3)43-39-25-17-11-18-26-39)48-36(8)32(4)44-40-27-19-12-20-28-40/h9-28,49H,1-8H3/b33-29+,34-30+,35-31+,36-32+. The van der Waals surface area contributed by atoms with Crippen molar-refractivity contribution in [1.82, 2.24) is 0 Å². The van der Waals surface area contributed by atoms with Crippen LogP contribution in [-0.2, 0) is 18.1 Å². The zero-order valence-electron chi connectivity index (χ0n) is 29.3. The zero-order chi connectivity index (χ0) is 35.2. The Balaban J connectivity index is 1.79. The molecule has 0 bridgehead atoms. The summed E-state index contributed by atoms with van der Waals surface area (Å²) < 4.78 is 51.0. The van der Waals surface area contributed by atoms with E-state index in [1.807, 2.05) is 121 Å². The number of allylic oxidation sites excluding steroid dienone is 8. The maximum atomic E-state index is 6.64. The van der Waals surface area contributed by atoms with Gasteiger partial charge in [0.15, 0.2) is 0 Å². The molecule has 9 heteroatoms. The van der Waals surface area contributed by atoms with Gasteiger partial charge in [-0.3, -0.25) is 0 Å². The van der Waals surface area contributed by atoms with Gasteiger partial charge in [-0.05, 0) is 0 Å². The van der Waals surface area contributed by atoms with E-state index in [9.17, 15) is 0 Å². The van der Waals surface area contributed by atoms with Crippen LogP contribution in [0.2, 0.25) is 0 Å². The van der Waals surface area contributed by atoms with Crippen LogP contribution in [0.1, 0.15) is 55.4 Å². The monoisotopic (exact) mass is 684 g/mol. The minimum absolute atomic E-state index is 0.383. The summed E-state index contributed by atoms with van der Waals surface area (Å²) in [7, 11) is -4.32. The van der Waals surface area contributed by atoms with Crippen molar-refractivity contribution in [2.75, 3.05) is 0 Å². The number of hydrogen-bond acceptors (Lipinski definition) is 8. The molecule has 4 rings (SSSR count). The van der Waals surface area contributed by atoms with Crippen molar-refractivity contribution >= 4 is 8.17 Å². The minimum atomic E-state index is -4.32. The Bertz CT molecular complexity index is 1500. The van der Waals surface area contributed by atoms with Crippen LogP contribution in [0.15, 0.2) is 167 Å². The van der Waals surface area contributed by atoms with E-state index in [0.29, 0.717) is 69.1 Å². The summed E-state index contributed by atoms with van der Waals surface area (Å²) in [5, 5.41) is 0. The average Bonchev–Trinajstić information content (AvgIpc) is 3.09. The molecule has 0 aliphatic heterocycles. The second-order valence-electron chi connectivity index (χ2n) is 11.0. The number of benzene rings is 4. The topological polar surface area (TPSA) is 73.8 Å². The Morgan fingerprint density at radius 1 is 0.286 bits per heavy atom. The predicted octanol–water partition coefficient (Wildman–Crippen LogP) is 11.8. The molecule has 0 saturated carbocycles. The van der Waals surface area contributed by atoms with E-state index >= 15 is 0 Å². The van der Waals surface area contributed by atoms with E-state index in [-0.39, 0.29) is 0 Å². The summed E-state index contributed by atoms with van der Waals surface area (Å²) >= 11 is 0. The van der Waals surface area contributed by atoms with Gasteiger partial charge in [-0.25, -0.2) is 0 Å². The summed E-state index contributed by atoms with van der Waals surface area (Å²) in [5.41, 5.74) is 0. The van der Waals surface area contributed by atoms with Gasteiger partial charge in [0.2, 0.25) is 0 Å². The molecule has 4 aromatic carbocycles. The molecule has 0 atom stereocenters. The molecule has 258 valence electrons. The van der Waals surface area contributed by atoms with E-state index in [1.54, 1.807) is 55.4 Å². The molecule has 0 aromatic heterocycles. The average molecular weight is 685 g/mol. The second-order valence-corrected chi connectivity index (χ2v) is 12.8. The molecule has 0 N–H and O–H groups in total. The second kappa shape index (κ2) is 17.7. The van der Waals surface area contributed by atoms with Gasteiger partial charge in [-0.15, -0.1) is 0 Å². The van der Waals surface area contributed by atoms with Crippen molar-refractivity contribution < 1.29 is 37.0 Å². The van der Waals surface area contributed by atoms with Crippen LogP contribution in [0.5, 0.6) is 23.0 Å². The molecule has 0 amide bonds. The van der Waals surface area contributed by atoms with Gasteiger partial charge < -0.3 is 0 Å². The summed E-state index contributed by atoms with van der Waals surface area (Å²) in [6.45, 7) is 14.3. The van der Waals surface area contributed by atoms with Crippen molar-refractivity contribution in [3.05, 3.63) is 167 Å². The quantitative estimate of drug-likeness (QED) is 0.0853. The predicted molar refractivity (Wildman–Crippen MR) is 194 cm³/mol. The molecule has 4 aromatic rings. The molecule has 0 unspecified atom stereocenters. The molecule has 8 nitrogen and oxygen atoms in total. The number of ether oxygens (including phenoxy) is 4. The number of rotatable bonds is 16. The van der Waals surface area contributed by atoms with Gasteiger partial charge in [0.05, 0.1) is 0 Å². The molecule has 49 heavy (non-hydrogen) atoms. The molecular formula is C40H45O8P. The van der Waals surface area contributed by atoms with Gasteiger partial charge in [-0.1, -0.05) is 0 Å². The fourth-order valence-electron chi connectivity index (χ4n) is 4.11. The third-order valence-corrected chi connectivity index (χ3v) is 9.38. The van der Waals surface area contributed by atoms with E-state index in [2.05, 4.69) is 0 Å². The van der Waals surface area contributed by atoms with Crippen molar-refractivity contribution in [1.29, 1.82) is 0 Å². The fourth-order valence-corrected chi connectivity index (χ4v) is 6.44. The van der Waals surface area contributed by atoms with Crippen LogP contribution in [-0.4, -0.2) is 0 Å². The van der Waals surface area contributed by atoms with Crippen molar-refractivity contribution in [2.45, 2.75) is 55.4 Å². The zero-order valence-corrected chi connectivity index (χ0v) is 30.3. The third kappa shape index (κ3) is 11.4. The Labute approximate surface area is 290 Å². The van der Waals surface area contributed by atoms with Gasteiger partial charge in [0, 0.05) is 0 Å². The first-order chi connectivity index (χ1) is 23.5. The summed E-state index contributed by atoms with van der Waals surface area (Å²) in [6.07, 6.45) is 0. The van der Waals surface area contributed by atoms with Gasteiger partial charge in [0.1, 0.15) is 0 Å². The van der Waals surface area contributed by atoms with E-state index in [4.69, 9.17) is 37.0 Å². The third-order valence-electron chi connectivity index (χ3n) is 7.15. The molecule has 0 aliphatic rings. The molecule has 0 spiro atoms. The first kappa shape index (κ1) is 36.5. The molecule has 0 aliphatic carbocycles. The van der Waals surface area contributed by atoms with Crippen molar-refractivity contribution in [3.63, 3.8) is 0 Å². The van der Waals surface area contributed by atoms with E-state index in [0.717, 1.165) is 0 Å². The maximum absolute atomic E-state index is 6.64. The Hall–Kier alpha value is -5.33. The normalized spacial score (nSPS) is 13.7. The van der Waals surface area contributed by atoms with Crippen molar-refractivity contribution in [3.8, 4) is 23.0 Å². The van der Waals surface area contributed by atoms with Crippen LogP contribution >= 0.6 is 8.17 Å². The number of para-hydroxylation sites is 4. The molecule has 0 saturated heterocycles. The Kier molecular flexibility index (Phi) is 13.2. The molecular weight excluding hydrogens is 639 g/mol. The summed E-state index contributed by atoms with van der Waals surface area (Å²) in [5.74, 6) is 6.04. The van der Waals surface area contributed by atoms with Crippen molar-refractivity contribution in [2.24, 2.45) is 0 Å². The summed E-state index contributed by atoms with van der Waals surface area (Å²) in [4.78, 5) is 0. The van der Waals surface area contributed by atoms with Gasteiger partial charge in [0.25, 0.3) is 0 Å². The van der Waals surface area contributed by atoms with Crippen LogP contribution in [0.4, 0.5) is 0 Å². The number of hydrogen-bond donors (Lipinski definition) is 0. The van der Waals surface area contributed by atoms with E-state index in [1.165, 1.54) is 0 Å². The first-order valence-electron chi connectivity index (χ1n) is 15.9. The van der Waals surface area contributed by atoms with Crippen LogP contribution in [0.3, 0.4) is 0 Å². The van der Waals surface area contributed by atoms with Crippen LogP contribution in [0.25, 0.3) is 0 Å². The van der Waals surface area contributed by atoms with E-state index < -0.39 is 8.17 Å². The Morgan fingerprint density at radius 3 is 0.653 bits per heavy atom. The molecule has 0 fully saturated rings. The molecule has 0 radical (unpaired) electrons. The van der Waals surface area contributed by atoms with Gasteiger partial charge in [-0.2, -0.15) is 0 Å². The fraction of sp³-hybridized carbons (Fsp3) is 0.200.